The summed E-state index contributed by atoms with van der Waals surface area (Å²) in [6.45, 7) is 1.85. The molecule has 0 aliphatic rings. The second-order valence-corrected chi connectivity index (χ2v) is 3.50. The van der Waals surface area contributed by atoms with E-state index in [4.69, 9.17) is 16.7 Å². The van der Waals surface area contributed by atoms with Gasteiger partial charge < -0.3 is 10.1 Å². The molecule has 2 aromatic rings. The Morgan fingerprint density at radius 3 is 2.86 bits per heavy atom. The molecule has 0 spiro atoms. The van der Waals surface area contributed by atoms with Crippen molar-refractivity contribution < 1.29 is 9.90 Å². The molecule has 0 saturated carbocycles. The average molecular weight is 210 g/mol. The molecule has 14 heavy (non-hydrogen) atoms. The zero-order valence-corrected chi connectivity index (χ0v) is 8.22. The first-order valence-corrected chi connectivity index (χ1v) is 4.48. The van der Waals surface area contributed by atoms with Crippen molar-refractivity contribution in [3.05, 3.63) is 34.5 Å². The summed E-state index contributed by atoms with van der Waals surface area (Å²) >= 11 is 6.03. The number of hydrogen-bond donors (Lipinski definition) is 2. The van der Waals surface area contributed by atoms with Crippen LogP contribution in [-0.2, 0) is 0 Å². The molecule has 0 saturated heterocycles. The highest BCUT2D eigenvalue weighted by Gasteiger charge is 2.14. The number of aromatic carboxylic acids is 1. The Morgan fingerprint density at radius 1 is 1.50 bits per heavy atom. The zero-order chi connectivity index (χ0) is 10.3. The maximum Gasteiger partial charge on any atom is 0.337 e. The maximum absolute atomic E-state index is 10.9. The van der Waals surface area contributed by atoms with E-state index in [1.807, 2.05) is 19.1 Å². The van der Waals surface area contributed by atoms with Crippen LogP contribution in [0.2, 0.25) is 5.02 Å². The van der Waals surface area contributed by atoms with Crippen molar-refractivity contribution in [2.75, 3.05) is 0 Å². The van der Waals surface area contributed by atoms with Crippen LogP contribution in [0.1, 0.15) is 15.9 Å². The summed E-state index contributed by atoms with van der Waals surface area (Å²) in [5, 5.41) is 9.99. The van der Waals surface area contributed by atoms with Crippen LogP contribution in [0.3, 0.4) is 0 Å². The van der Waals surface area contributed by atoms with Gasteiger partial charge >= 0.3 is 5.97 Å². The number of halogens is 1. The number of hydrogen-bond acceptors (Lipinski definition) is 1. The molecular formula is C10H8ClNO2. The second kappa shape index (κ2) is 3.03. The Hall–Kier alpha value is -1.48. The third-order valence-corrected chi connectivity index (χ3v) is 2.69. The van der Waals surface area contributed by atoms with Gasteiger partial charge in [0.25, 0.3) is 0 Å². The number of benzene rings is 1. The van der Waals surface area contributed by atoms with Crippen molar-refractivity contribution in [2.24, 2.45) is 0 Å². The van der Waals surface area contributed by atoms with E-state index in [-0.39, 0.29) is 5.56 Å². The number of rotatable bonds is 1. The molecule has 0 aliphatic carbocycles. The molecule has 0 aliphatic heterocycles. The lowest BCUT2D eigenvalue weighted by Crippen LogP contribution is -1.94. The van der Waals surface area contributed by atoms with E-state index in [1.54, 1.807) is 0 Å². The molecule has 3 nitrogen and oxygen atoms in total. The molecule has 0 radical (unpaired) electrons. The Bertz CT molecular complexity index is 516. The van der Waals surface area contributed by atoms with Crippen LogP contribution in [0, 0.1) is 6.92 Å². The first-order chi connectivity index (χ1) is 6.61. The van der Waals surface area contributed by atoms with E-state index in [9.17, 15) is 4.79 Å². The number of carboxylic acids is 1. The van der Waals surface area contributed by atoms with Gasteiger partial charge in [0, 0.05) is 17.1 Å². The lowest BCUT2D eigenvalue weighted by molar-refractivity contribution is 0.0699. The highest BCUT2D eigenvalue weighted by molar-refractivity contribution is 6.37. The molecule has 2 N–H and O–H groups in total. The normalized spacial score (nSPS) is 10.7. The Morgan fingerprint density at radius 2 is 2.21 bits per heavy atom. The highest BCUT2D eigenvalue weighted by atomic mass is 35.5. The number of carbonyl (C=O) groups is 1. The Balaban J connectivity index is 2.89. The summed E-state index contributed by atoms with van der Waals surface area (Å²) in [6, 6.07) is 3.68. The molecule has 0 bridgehead atoms. The van der Waals surface area contributed by atoms with Gasteiger partial charge in [-0.15, -0.1) is 0 Å². The topological polar surface area (TPSA) is 53.1 Å². The number of fused-ring (bicyclic) bond motifs is 1. The standard InChI is InChI=1S/C10H8ClNO2/c1-5-2-3-7-8(9(5)11)6(4-12-7)10(13)14/h2-4,12H,1H3,(H,13,14). The average Bonchev–Trinajstić information content (AvgIpc) is 2.55. The SMILES string of the molecule is Cc1ccc2[nH]cc(C(=O)O)c2c1Cl. The van der Waals surface area contributed by atoms with Crippen molar-refractivity contribution in [1.29, 1.82) is 0 Å². The summed E-state index contributed by atoms with van der Waals surface area (Å²) in [4.78, 5) is 13.7. The maximum atomic E-state index is 10.9. The summed E-state index contributed by atoms with van der Waals surface area (Å²) in [5.41, 5.74) is 1.84. The van der Waals surface area contributed by atoms with Crippen LogP contribution < -0.4 is 0 Å². The van der Waals surface area contributed by atoms with Crippen LogP contribution in [0.15, 0.2) is 18.3 Å². The van der Waals surface area contributed by atoms with Gasteiger partial charge in [0.2, 0.25) is 0 Å². The summed E-state index contributed by atoms with van der Waals surface area (Å²) in [5.74, 6) is -0.969. The summed E-state index contributed by atoms with van der Waals surface area (Å²) in [6.07, 6.45) is 1.46. The van der Waals surface area contributed by atoms with Crippen molar-refractivity contribution in [3.63, 3.8) is 0 Å². The lowest BCUT2D eigenvalue weighted by Gasteiger charge is -1.99. The fourth-order valence-corrected chi connectivity index (χ4v) is 1.72. The largest absolute Gasteiger partial charge is 0.478 e. The highest BCUT2D eigenvalue weighted by Crippen LogP contribution is 2.29. The van der Waals surface area contributed by atoms with Crippen LogP contribution >= 0.6 is 11.6 Å². The number of nitrogens with one attached hydrogen (secondary N) is 1. The second-order valence-electron chi connectivity index (χ2n) is 3.13. The number of aryl methyl sites for hydroxylation is 1. The molecule has 1 aromatic carbocycles. The smallest absolute Gasteiger partial charge is 0.337 e. The Kier molecular flexibility index (Phi) is 1.97. The van der Waals surface area contributed by atoms with Crippen LogP contribution in [0.5, 0.6) is 0 Å². The molecule has 4 heteroatoms. The summed E-state index contributed by atoms with van der Waals surface area (Å²) in [7, 11) is 0. The monoisotopic (exact) mass is 209 g/mol. The molecule has 0 atom stereocenters. The minimum Gasteiger partial charge on any atom is -0.478 e. The molecule has 0 fully saturated rings. The molecule has 1 aromatic heterocycles. The van der Waals surface area contributed by atoms with E-state index >= 15 is 0 Å². The van der Waals surface area contributed by atoms with Gasteiger partial charge in [0.1, 0.15) is 0 Å². The fraction of sp³-hybridized carbons (Fsp3) is 0.100. The quantitative estimate of drug-likeness (QED) is 0.759. The number of carboxylic acid groups (broad SMARTS) is 1. The van der Waals surface area contributed by atoms with Gasteiger partial charge in [-0.1, -0.05) is 17.7 Å². The van der Waals surface area contributed by atoms with Crippen molar-refractivity contribution in [2.45, 2.75) is 6.92 Å². The number of aromatic amines is 1. The summed E-state index contributed by atoms with van der Waals surface area (Å²) < 4.78 is 0. The fourth-order valence-electron chi connectivity index (χ4n) is 1.45. The van der Waals surface area contributed by atoms with E-state index in [0.717, 1.165) is 11.1 Å². The first-order valence-electron chi connectivity index (χ1n) is 4.10. The third kappa shape index (κ3) is 1.17. The van der Waals surface area contributed by atoms with Gasteiger partial charge in [-0.25, -0.2) is 4.79 Å². The van der Waals surface area contributed by atoms with E-state index < -0.39 is 5.97 Å². The van der Waals surface area contributed by atoms with E-state index in [1.165, 1.54) is 6.20 Å². The molecular weight excluding hydrogens is 202 g/mol. The zero-order valence-electron chi connectivity index (χ0n) is 7.47. The molecule has 72 valence electrons. The first kappa shape index (κ1) is 9.09. The predicted molar refractivity (Wildman–Crippen MR) is 55.0 cm³/mol. The van der Waals surface area contributed by atoms with Crippen LogP contribution in [0.25, 0.3) is 10.9 Å². The van der Waals surface area contributed by atoms with E-state index in [2.05, 4.69) is 4.98 Å². The van der Waals surface area contributed by atoms with Gasteiger partial charge in [-0.2, -0.15) is 0 Å². The van der Waals surface area contributed by atoms with Gasteiger partial charge in [0.15, 0.2) is 0 Å². The van der Waals surface area contributed by atoms with Crippen molar-refractivity contribution >= 4 is 28.5 Å². The molecule has 0 unspecified atom stereocenters. The van der Waals surface area contributed by atoms with Crippen molar-refractivity contribution in [3.8, 4) is 0 Å². The minimum atomic E-state index is -0.969. The molecule has 0 amide bonds. The van der Waals surface area contributed by atoms with Gasteiger partial charge in [-0.3, -0.25) is 0 Å². The minimum absolute atomic E-state index is 0.216. The lowest BCUT2D eigenvalue weighted by atomic mass is 10.1. The van der Waals surface area contributed by atoms with E-state index in [0.29, 0.717) is 10.4 Å². The number of aromatic nitrogens is 1. The van der Waals surface area contributed by atoms with Gasteiger partial charge in [-0.05, 0) is 18.6 Å². The predicted octanol–water partition coefficient (Wildman–Crippen LogP) is 2.83. The molecule has 2 rings (SSSR count). The Labute approximate surface area is 85.3 Å². The van der Waals surface area contributed by atoms with Gasteiger partial charge in [0.05, 0.1) is 10.6 Å². The number of H-pyrrole nitrogens is 1. The van der Waals surface area contributed by atoms with Crippen molar-refractivity contribution in [1.82, 2.24) is 4.98 Å². The molecule has 1 heterocycles. The third-order valence-electron chi connectivity index (χ3n) is 2.21. The van der Waals surface area contributed by atoms with Crippen LogP contribution in [-0.4, -0.2) is 16.1 Å². The van der Waals surface area contributed by atoms with Crippen LogP contribution in [0.4, 0.5) is 0 Å².